The van der Waals surface area contributed by atoms with Gasteiger partial charge in [-0.3, -0.25) is 0 Å². The first-order valence-corrected chi connectivity index (χ1v) is 40.5. The van der Waals surface area contributed by atoms with Gasteiger partial charge in [-0.05, 0) is 209 Å². The van der Waals surface area contributed by atoms with E-state index in [2.05, 4.69) is 414 Å². The molecular formula is C111H75IrN6. The molecule has 6 heterocycles. The van der Waals surface area contributed by atoms with Gasteiger partial charge in [0.1, 0.15) is 0 Å². The average Bonchev–Trinajstić information content (AvgIpc) is 1.51. The van der Waals surface area contributed by atoms with Crippen LogP contribution in [0, 0.1) is 18.2 Å². The molecule has 0 unspecified atom stereocenters. The maximum absolute atomic E-state index is 5.31. The summed E-state index contributed by atoms with van der Waals surface area (Å²) in [5, 5.41) is 7.31. The van der Waals surface area contributed by atoms with E-state index in [9.17, 15) is 0 Å². The number of fused-ring (bicyclic) bond motifs is 9. The fraction of sp³-hybridized carbons (Fsp3) is 0.0541. The van der Waals surface area contributed by atoms with Gasteiger partial charge in [-0.15, -0.1) is 89.5 Å². The molecule has 1 saturated carbocycles. The van der Waals surface area contributed by atoms with Gasteiger partial charge in [-0.2, -0.15) is 0 Å². The molecule has 6 aromatic heterocycles. The predicted molar refractivity (Wildman–Crippen MR) is 483 cm³/mol. The predicted octanol–water partition coefficient (Wildman–Crippen LogP) is 28.4. The largest absolute Gasteiger partial charge is 3.00 e. The van der Waals surface area contributed by atoms with Crippen molar-refractivity contribution in [3.63, 3.8) is 0 Å². The van der Waals surface area contributed by atoms with Gasteiger partial charge in [-0.1, -0.05) is 273 Å². The van der Waals surface area contributed by atoms with Crippen molar-refractivity contribution in [3.8, 4) is 118 Å². The fourth-order valence-electron chi connectivity index (χ4n) is 19.0. The molecule has 22 rings (SSSR count). The third kappa shape index (κ3) is 12.9. The molecule has 0 bridgehead atoms. The Kier molecular flexibility index (Phi) is 18.5. The molecule has 1 aliphatic carbocycles. The molecule has 0 N–H and O–H groups in total. The van der Waals surface area contributed by atoms with E-state index >= 15 is 0 Å². The Labute approximate surface area is 699 Å². The standard InChI is InChI=1S/C111H75N6.Ir/c1-4-25-73(26-5-1)76-52-58-109-100(67-76)97-43-16-19-46-106(97)115(109)88-34-22-31-79(64-88)103-55-49-82(70-112-103)91-37-10-13-40-94(91)85-61-86(95-41-14-11-38-92(95)83-50-56-104(113-71-83)80-32-23-35-89(65-80)116-107-47-20-17-44-98(107)101-68-77(53-59-110(101)116)74-27-6-2-7-28-74)63-87(62-85)96-42-15-12-39-93(96)84-51-57-105(114-72-84)81-33-24-36-90(66-81)117-108-48-21-18-45-99(108)102-69-78(54-60-111(102)117)75-29-8-3-9-30-75;/h1-30,34-60,64-72,85-87H,61-63H2;/q-3;+3. The minimum absolute atomic E-state index is 0. The van der Waals surface area contributed by atoms with Gasteiger partial charge >= 0.3 is 20.1 Å². The van der Waals surface area contributed by atoms with Crippen LogP contribution in [-0.4, -0.2) is 28.7 Å². The zero-order valence-corrected chi connectivity index (χ0v) is 66.9. The molecule has 21 aromatic rings. The number of benzene rings is 15. The molecule has 0 spiro atoms. The Morgan fingerprint density at radius 1 is 0.220 bits per heavy atom. The summed E-state index contributed by atoms with van der Waals surface area (Å²) in [4.78, 5) is 15.9. The summed E-state index contributed by atoms with van der Waals surface area (Å²) in [5.41, 5.74) is 33.6. The van der Waals surface area contributed by atoms with Crippen LogP contribution in [0.1, 0.15) is 53.7 Å². The molecule has 0 aliphatic heterocycles. The van der Waals surface area contributed by atoms with Crippen LogP contribution >= 0.6 is 0 Å². The molecule has 118 heavy (non-hydrogen) atoms. The Balaban J connectivity index is 0.00000866. The SMILES string of the molecule is [Ir+3].[c-]1ccc(-n2c3ccccc3c3cc(-c4ccccc4)ccc32)cc1-c1ccc(-c2ccccc2C2CC(c3ccccc3-c3ccc(-c4[c-]ccc(-n5c6ccccc6c6cc(-c7ccccc7)ccc65)c4)nc3)CC(c3ccccc3-c3ccc(-c4[c-]ccc(-n5c6ccccc6c6cc(-c7ccccc7)ccc65)c4)nc3)C2)cn1. The summed E-state index contributed by atoms with van der Waals surface area (Å²) in [7, 11) is 0. The first-order valence-electron chi connectivity index (χ1n) is 40.5. The van der Waals surface area contributed by atoms with E-state index in [0.717, 1.165) is 120 Å². The molecule has 0 radical (unpaired) electrons. The van der Waals surface area contributed by atoms with Crippen LogP contribution in [0.5, 0.6) is 0 Å². The maximum Gasteiger partial charge on any atom is 3.00 e. The number of pyridine rings is 3. The minimum atomic E-state index is 0. The van der Waals surface area contributed by atoms with Gasteiger partial charge in [0.25, 0.3) is 0 Å². The molecule has 0 atom stereocenters. The van der Waals surface area contributed by atoms with Gasteiger partial charge in [0.05, 0.1) is 33.1 Å². The summed E-state index contributed by atoms with van der Waals surface area (Å²) in [5.74, 6) is 0.537. The first-order chi connectivity index (χ1) is 58.0. The monoisotopic (exact) mass is 1680 g/mol. The zero-order valence-electron chi connectivity index (χ0n) is 64.5. The molecule has 558 valence electrons. The molecule has 15 aromatic carbocycles. The number of aromatic nitrogens is 6. The average molecular weight is 1690 g/mol. The van der Waals surface area contributed by atoms with E-state index in [1.165, 1.54) is 99.1 Å². The van der Waals surface area contributed by atoms with Crippen molar-refractivity contribution in [2.75, 3.05) is 0 Å². The van der Waals surface area contributed by atoms with E-state index in [1.54, 1.807) is 0 Å². The third-order valence-electron chi connectivity index (χ3n) is 24.4. The van der Waals surface area contributed by atoms with Gasteiger partial charge in [0.2, 0.25) is 0 Å². The minimum Gasteiger partial charge on any atom is -0.327 e. The molecule has 0 saturated heterocycles. The van der Waals surface area contributed by atoms with E-state index < -0.39 is 0 Å². The van der Waals surface area contributed by atoms with Gasteiger partial charge in [0, 0.05) is 50.9 Å². The molecule has 7 heteroatoms. The van der Waals surface area contributed by atoms with E-state index in [-0.39, 0.29) is 37.9 Å². The number of hydrogen-bond donors (Lipinski definition) is 0. The smallest absolute Gasteiger partial charge is 0.327 e. The first kappa shape index (κ1) is 71.6. The maximum atomic E-state index is 5.31. The summed E-state index contributed by atoms with van der Waals surface area (Å²) in [6.45, 7) is 0. The molecule has 6 nitrogen and oxygen atoms in total. The van der Waals surface area contributed by atoms with E-state index in [4.69, 9.17) is 15.0 Å². The van der Waals surface area contributed by atoms with Crippen LogP contribution in [0.2, 0.25) is 0 Å². The molecular weight excluding hydrogens is 1610 g/mol. The second-order valence-electron chi connectivity index (χ2n) is 31.1. The molecule has 1 fully saturated rings. The summed E-state index contributed by atoms with van der Waals surface area (Å²) in [6.07, 6.45) is 9.10. The number of hydrogen-bond acceptors (Lipinski definition) is 3. The summed E-state index contributed by atoms with van der Waals surface area (Å²) >= 11 is 0. The number of rotatable bonds is 15. The molecule has 1 aliphatic rings. The van der Waals surface area contributed by atoms with Crippen molar-refractivity contribution in [1.82, 2.24) is 28.7 Å². The Morgan fingerprint density at radius 2 is 0.483 bits per heavy atom. The van der Waals surface area contributed by atoms with Gasteiger partial charge in [-0.25, -0.2) is 0 Å². The van der Waals surface area contributed by atoms with Crippen molar-refractivity contribution in [1.29, 1.82) is 0 Å². The number of para-hydroxylation sites is 3. The van der Waals surface area contributed by atoms with Crippen molar-refractivity contribution < 1.29 is 20.1 Å². The second-order valence-corrected chi connectivity index (χ2v) is 31.1. The van der Waals surface area contributed by atoms with Crippen molar-refractivity contribution in [2.45, 2.75) is 37.0 Å². The fourth-order valence-corrected chi connectivity index (χ4v) is 19.0. The third-order valence-corrected chi connectivity index (χ3v) is 24.4. The Morgan fingerprint density at radius 3 is 0.780 bits per heavy atom. The second kappa shape index (κ2) is 30.5. The normalized spacial score (nSPS) is 14.2. The van der Waals surface area contributed by atoms with Crippen LogP contribution in [0.25, 0.3) is 183 Å². The van der Waals surface area contributed by atoms with E-state index in [1.807, 2.05) is 18.2 Å². The van der Waals surface area contributed by atoms with Crippen LogP contribution in [-0.2, 0) is 20.1 Å². The summed E-state index contributed by atoms with van der Waals surface area (Å²) < 4.78 is 7.14. The molecule has 0 amide bonds. The van der Waals surface area contributed by atoms with E-state index in [0.29, 0.717) is 0 Å². The van der Waals surface area contributed by atoms with Crippen molar-refractivity contribution in [2.24, 2.45) is 0 Å². The summed E-state index contributed by atoms with van der Waals surface area (Å²) in [6, 6.07) is 149. The Hall–Kier alpha value is -14.2. The van der Waals surface area contributed by atoms with Gasteiger partial charge in [0.15, 0.2) is 0 Å². The van der Waals surface area contributed by atoms with Crippen molar-refractivity contribution >= 4 is 65.4 Å². The van der Waals surface area contributed by atoms with Crippen LogP contribution in [0.4, 0.5) is 0 Å². The quantitative estimate of drug-likeness (QED) is 0.0961. The zero-order chi connectivity index (χ0) is 77.3. The van der Waals surface area contributed by atoms with Crippen LogP contribution in [0.15, 0.2) is 401 Å². The van der Waals surface area contributed by atoms with Gasteiger partial charge < -0.3 is 28.7 Å². The van der Waals surface area contributed by atoms with Crippen LogP contribution in [0.3, 0.4) is 0 Å². The number of nitrogens with zero attached hydrogens (tertiary/aromatic N) is 6. The Bertz CT molecular complexity index is 6640. The van der Waals surface area contributed by atoms with Crippen molar-refractivity contribution in [3.05, 3.63) is 436 Å². The van der Waals surface area contributed by atoms with Crippen LogP contribution < -0.4 is 0 Å². The topological polar surface area (TPSA) is 53.5 Å².